The van der Waals surface area contributed by atoms with Gasteiger partial charge in [-0.1, -0.05) is 121 Å². The molecule has 0 N–H and O–H groups in total. The SMILES string of the molecule is CC(C)(C)c1cc[c-]c(-c2cc(C(C)(C)C)ccn2)c1.CC1(C)c2ccc3ccccc3c2-c2ccnc(-c3[c-]cc4c(c3)sc3ccccc34)c21.[Ir]. The van der Waals surface area contributed by atoms with E-state index in [1.54, 1.807) is 0 Å². The van der Waals surface area contributed by atoms with Crippen LogP contribution in [0, 0.1) is 12.1 Å². The average Bonchev–Trinajstić information content (AvgIpc) is 3.63. The molecule has 2 nitrogen and oxygen atoms in total. The summed E-state index contributed by atoms with van der Waals surface area (Å²) in [5.74, 6) is 0. The van der Waals surface area contributed by atoms with Crippen molar-refractivity contribution in [2.45, 2.75) is 71.6 Å². The Morgan fingerprint density at radius 2 is 1.32 bits per heavy atom. The first-order valence-electron chi connectivity index (χ1n) is 18.2. The maximum Gasteiger partial charge on any atom is 0.0246 e. The average molecular weight is 885 g/mol. The first-order valence-corrected chi connectivity index (χ1v) is 19.0. The monoisotopic (exact) mass is 885 g/mol. The van der Waals surface area contributed by atoms with Gasteiger partial charge in [-0.25, -0.2) is 0 Å². The molecule has 4 heteroatoms. The Labute approximate surface area is 331 Å². The normalized spacial score (nSPS) is 13.3. The number of hydrogen-bond donors (Lipinski definition) is 0. The molecule has 53 heavy (non-hydrogen) atoms. The molecule has 0 fully saturated rings. The Bertz CT molecular complexity index is 2580. The first-order chi connectivity index (χ1) is 24.8. The number of thiophene rings is 1. The molecule has 267 valence electrons. The molecule has 9 rings (SSSR count). The number of benzene rings is 5. The number of aromatic nitrogens is 2. The van der Waals surface area contributed by atoms with Crippen LogP contribution in [-0.4, -0.2) is 9.97 Å². The van der Waals surface area contributed by atoms with Crippen molar-refractivity contribution in [2.75, 3.05) is 0 Å². The third-order valence-corrected chi connectivity index (χ3v) is 11.7. The van der Waals surface area contributed by atoms with E-state index in [0.717, 1.165) is 22.5 Å². The third-order valence-electron chi connectivity index (χ3n) is 10.6. The predicted octanol–water partition coefficient (Wildman–Crippen LogP) is 13.5. The summed E-state index contributed by atoms with van der Waals surface area (Å²) in [6.45, 7) is 18.0. The molecule has 0 saturated heterocycles. The smallest absolute Gasteiger partial charge is 0.0246 e. The summed E-state index contributed by atoms with van der Waals surface area (Å²) in [6.07, 6.45) is 3.86. The van der Waals surface area contributed by atoms with Crippen molar-refractivity contribution in [3.8, 4) is 33.6 Å². The molecular weight excluding hydrogens is 841 g/mol. The Hall–Kier alpha value is -4.47. The molecule has 1 aliphatic rings. The van der Waals surface area contributed by atoms with Crippen molar-refractivity contribution in [3.05, 3.63) is 156 Å². The van der Waals surface area contributed by atoms with Gasteiger partial charge in [-0.15, -0.1) is 59.2 Å². The molecule has 8 aromatic rings. The van der Waals surface area contributed by atoms with Crippen LogP contribution in [-0.2, 0) is 36.4 Å². The molecule has 0 atom stereocenters. The summed E-state index contributed by atoms with van der Waals surface area (Å²) in [4.78, 5) is 9.43. The van der Waals surface area contributed by atoms with Gasteiger partial charge in [-0.3, -0.25) is 0 Å². The first kappa shape index (κ1) is 36.9. The predicted molar refractivity (Wildman–Crippen MR) is 222 cm³/mol. The standard InChI is InChI=1S/C30H20NS.C19H24N.Ir/c1-30(2)24-14-12-18-7-3-4-8-20(18)27(24)23-15-16-31-29(28(23)30)19-11-13-22-21-9-5-6-10-25(21)32-26(22)17-19;1-18(2,3)15-9-7-8-14(12-15)17-13-16(10-11-20-17)19(4,5)6;/h3-10,12-17H,1-2H3;7,9-13H,1-6H3;/q2*-1;. The zero-order valence-corrected chi connectivity index (χ0v) is 34.9. The summed E-state index contributed by atoms with van der Waals surface area (Å²) in [5.41, 5.74) is 12.3. The van der Waals surface area contributed by atoms with Gasteiger partial charge in [0.25, 0.3) is 0 Å². The van der Waals surface area contributed by atoms with Crippen LogP contribution in [0.1, 0.15) is 77.6 Å². The van der Waals surface area contributed by atoms with Crippen LogP contribution in [0.15, 0.2) is 122 Å². The van der Waals surface area contributed by atoms with E-state index < -0.39 is 0 Å². The quantitative estimate of drug-likeness (QED) is 0.162. The van der Waals surface area contributed by atoms with E-state index in [1.807, 2.05) is 29.8 Å². The minimum absolute atomic E-state index is 0. The summed E-state index contributed by atoms with van der Waals surface area (Å²) >= 11 is 1.85. The maximum absolute atomic E-state index is 4.91. The molecule has 0 bridgehead atoms. The molecule has 3 heterocycles. The molecule has 0 spiro atoms. The Morgan fingerprint density at radius 3 is 2.09 bits per heavy atom. The van der Waals surface area contributed by atoms with Crippen LogP contribution in [0.3, 0.4) is 0 Å². The van der Waals surface area contributed by atoms with Gasteiger partial charge in [0.15, 0.2) is 0 Å². The van der Waals surface area contributed by atoms with E-state index in [-0.39, 0.29) is 36.4 Å². The van der Waals surface area contributed by atoms with E-state index in [4.69, 9.17) is 4.98 Å². The summed E-state index contributed by atoms with van der Waals surface area (Å²) < 4.78 is 2.61. The van der Waals surface area contributed by atoms with E-state index in [1.165, 1.54) is 64.3 Å². The largest absolute Gasteiger partial charge is 0.305 e. The van der Waals surface area contributed by atoms with Crippen molar-refractivity contribution >= 4 is 42.3 Å². The van der Waals surface area contributed by atoms with Gasteiger partial charge in [-0.05, 0) is 89.1 Å². The van der Waals surface area contributed by atoms with Crippen LogP contribution in [0.25, 0.3) is 64.6 Å². The van der Waals surface area contributed by atoms with Gasteiger partial charge in [-0.2, -0.15) is 11.3 Å². The number of nitrogens with zero attached hydrogens (tertiary/aromatic N) is 2. The van der Waals surface area contributed by atoms with Gasteiger partial charge in [0.1, 0.15) is 0 Å². The fraction of sp³-hybridized carbons (Fsp3) is 0.224. The van der Waals surface area contributed by atoms with E-state index in [0.29, 0.717) is 0 Å². The topological polar surface area (TPSA) is 25.8 Å². The molecule has 0 aliphatic heterocycles. The van der Waals surface area contributed by atoms with Crippen LogP contribution in [0.2, 0.25) is 0 Å². The maximum atomic E-state index is 4.91. The third kappa shape index (κ3) is 6.67. The number of hydrogen-bond acceptors (Lipinski definition) is 3. The van der Waals surface area contributed by atoms with Crippen LogP contribution >= 0.6 is 11.3 Å². The molecule has 1 aliphatic carbocycles. The second kappa shape index (κ2) is 13.7. The summed E-state index contributed by atoms with van der Waals surface area (Å²) in [7, 11) is 0. The van der Waals surface area contributed by atoms with Crippen LogP contribution in [0.4, 0.5) is 0 Å². The van der Waals surface area contributed by atoms with Crippen molar-refractivity contribution in [3.63, 3.8) is 0 Å². The molecule has 5 aromatic carbocycles. The van der Waals surface area contributed by atoms with Crippen molar-refractivity contribution in [1.82, 2.24) is 9.97 Å². The molecule has 3 aromatic heterocycles. The van der Waals surface area contributed by atoms with Gasteiger partial charge in [0, 0.05) is 42.6 Å². The zero-order chi connectivity index (χ0) is 36.4. The van der Waals surface area contributed by atoms with Crippen LogP contribution in [0.5, 0.6) is 0 Å². The molecule has 0 unspecified atom stereocenters. The molecule has 0 saturated carbocycles. The van der Waals surface area contributed by atoms with Crippen LogP contribution < -0.4 is 0 Å². The number of fused-ring (bicyclic) bond motifs is 8. The van der Waals surface area contributed by atoms with E-state index >= 15 is 0 Å². The number of rotatable bonds is 2. The van der Waals surface area contributed by atoms with Gasteiger partial charge in [0.2, 0.25) is 0 Å². The number of pyridine rings is 2. The van der Waals surface area contributed by atoms with E-state index in [9.17, 15) is 0 Å². The second-order valence-corrected chi connectivity index (χ2v) is 17.6. The fourth-order valence-electron chi connectivity index (χ4n) is 7.65. The van der Waals surface area contributed by atoms with Gasteiger partial charge < -0.3 is 9.97 Å². The second-order valence-electron chi connectivity index (χ2n) is 16.6. The van der Waals surface area contributed by atoms with Crippen molar-refractivity contribution in [2.24, 2.45) is 0 Å². The molecule has 0 amide bonds. The Morgan fingerprint density at radius 1 is 0.623 bits per heavy atom. The summed E-state index contributed by atoms with van der Waals surface area (Å²) in [6, 6.07) is 46.0. The Kier molecular flexibility index (Phi) is 9.56. The van der Waals surface area contributed by atoms with E-state index in [2.05, 4.69) is 176 Å². The zero-order valence-electron chi connectivity index (χ0n) is 31.7. The Balaban J connectivity index is 0.000000180. The molecular formula is C49H44IrN2S-2. The minimum atomic E-state index is -0.124. The minimum Gasteiger partial charge on any atom is -0.305 e. The van der Waals surface area contributed by atoms with Gasteiger partial charge >= 0.3 is 0 Å². The molecule has 1 radical (unpaired) electrons. The summed E-state index contributed by atoms with van der Waals surface area (Å²) in [5, 5.41) is 5.18. The van der Waals surface area contributed by atoms with Crippen molar-refractivity contribution < 1.29 is 20.1 Å². The van der Waals surface area contributed by atoms with Gasteiger partial charge in [0.05, 0.1) is 0 Å². The fourth-order valence-corrected chi connectivity index (χ4v) is 8.78. The van der Waals surface area contributed by atoms with Crippen molar-refractivity contribution in [1.29, 1.82) is 0 Å².